The maximum absolute atomic E-state index is 12.0. The van der Waals surface area contributed by atoms with E-state index in [1.807, 2.05) is 34.6 Å². The minimum absolute atomic E-state index is 0.0399. The van der Waals surface area contributed by atoms with E-state index in [9.17, 15) is 9.59 Å². The summed E-state index contributed by atoms with van der Waals surface area (Å²) in [5, 5.41) is 0. The van der Waals surface area contributed by atoms with E-state index >= 15 is 0 Å². The second kappa shape index (κ2) is 7.51. The van der Waals surface area contributed by atoms with Crippen LogP contribution in [0, 0.1) is 23.2 Å². The normalized spacial score (nSPS) is 14.9. The summed E-state index contributed by atoms with van der Waals surface area (Å²) in [7, 11) is 1.40. The molecule has 0 aromatic heterocycles. The molecule has 4 nitrogen and oxygen atoms in total. The molecule has 0 amide bonds. The second-order valence-corrected chi connectivity index (χ2v) is 5.95. The molecule has 0 rings (SSSR count). The van der Waals surface area contributed by atoms with Crippen molar-refractivity contribution in [3.63, 3.8) is 0 Å². The lowest BCUT2D eigenvalue weighted by Crippen LogP contribution is -2.36. The van der Waals surface area contributed by atoms with Crippen molar-refractivity contribution in [3.8, 4) is 0 Å². The van der Waals surface area contributed by atoms with Crippen LogP contribution >= 0.6 is 0 Å². The monoisotopic (exact) mass is 272 g/mol. The zero-order valence-electron chi connectivity index (χ0n) is 13.3. The average molecular weight is 272 g/mol. The van der Waals surface area contributed by atoms with Crippen molar-refractivity contribution in [2.45, 2.75) is 48.0 Å². The standard InChI is InChI=1S/C15H28O4/c1-8-19-14(17)15(5,6)11(4)9-12(10(2)3)13(16)18-7/h10-12H,8-9H2,1-7H3. The van der Waals surface area contributed by atoms with Gasteiger partial charge in [-0.25, -0.2) is 0 Å². The zero-order chi connectivity index (χ0) is 15.2. The zero-order valence-corrected chi connectivity index (χ0v) is 13.3. The SMILES string of the molecule is CCOC(=O)C(C)(C)C(C)CC(C(=O)OC)C(C)C. The molecular weight excluding hydrogens is 244 g/mol. The number of carbonyl (C=O) groups excluding carboxylic acids is 2. The molecule has 0 spiro atoms. The summed E-state index contributed by atoms with van der Waals surface area (Å²) in [5.74, 6) is -0.379. The molecule has 0 fully saturated rings. The number of ether oxygens (including phenoxy) is 2. The first-order valence-electron chi connectivity index (χ1n) is 6.93. The molecule has 0 radical (unpaired) electrons. The first kappa shape index (κ1) is 17.9. The van der Waals surface area contributed by atoms with Crippen molar-refractivity contribution >= 4 is 11.9 Å². The van der Waals surface area contributed by atoms with Crippen LogP contribution in [0.15, 0.2) is 0 Å². The topological polar surface area (TPSA) is 52.6 Å². The van der Waals surface area contributed by atoms with Crippen LogP contribution in [0.2, 0.25) is 0 Å². The third kappa shape index (κ3) is 4.84. The second-order valence-electron chi connectivity index (χ2n) is 5.95. The summed E-state index contributed by atoms with van der Waals surface area (Å²) < 4.78 is 9.94. The fraction of sp³-hybridized carbons (Fsp3) is 0.867. The number of esters is 2. The first-order valence-corrected chi connectivity index (χ1v) is 6.93. The largest absolute Gasteiger partial charge is 0.469 e. The molecule has 0 aromatic carbocycles. The van der Waals surface area contributed by atoms with Crippen molar-refractivity contribution in [1.82, 2.24) is 0 Å². The maximum Gasteiger partial charge on any atom is 0.311 e. The molecular formula is C15H28O4. The molecule has 0 bridgehead atoms. The van der Waals surface area contributed by atoms with Crippen LogP contribution in [0.5, 0.6) is 0 Å². The highest BCUT2D eigenvalue weighted by atomic mass is 16.5. The van der Waals surface area contributed by atoms with Gasteiger partial charge in [-0.2, -0.15) is 0 Å². The molecule has 0 saturated carbocycles. The lowest BCUT2D eigenvalue weighted by Gasteiger charge is -2.32. The number of hydrogen-bond donors (Lipinski definition) is 0. The summed E-state index contributed by atoms with van der Waals surface area (Å²) in [6.45, 7) is 11.9. The molecule has 0 aliphatic carbocycles. The lowest BCUT2D eigenvalue weighted by molar-refractivity contribution is -0.158. The molecule has 19 heavy (non-hydrogen) atoms. The summed E-state index contributed by atoms with van der Waals surface area (Å²) in [5.41, 5.74) is -0.600. The van der Waals surface area contributed by atoms with Crippen LogP contribution in [0.1, 0.15) is 48.0 Å². The van der Waals surface area contributed by atoms with E-state index in [1.165, 1.54) is 7.11 Å². The van der Waals surface area contributed by atoms with Crippen molar-refractivity contribution < 1.29 is 19.1 Å². The Kier molecular flexibility index (Phi) is 7.09. The Morgan fingerprint density at radius 1 is 1.16 bits per heavy atom. The molecule has 2 unspecified atom stereocenters. The number of methoxy groups -OCH3 is 1. The van der Waals surface area contributed by atoms with E-state index < -0.39 is 5.41 Å². The minimum atomic E-state index is -0.600. The predicted octanol–water partition coefficient (Wildman–Crippen LogP) is 3.05. The van der Waals surface area contributed by atoms with Crippen molar-refractivity contribution in [1.29, 1.82) is 0 Å². The highest BCUT2D eigenvalue weighted by Crippen LogP contribution is 2.35. The number of hydrogen-bond acceptors (Lipinski definition) is 4. The van der Waals surface area contributed by atoms with Gasteiger partial charge in [-0.05, 0) is 39.0 Å². The van der Waals surface area contributed by atoms with Crippen LogP contribution in [0.3, 0.4) is 0 Å². The summed E-state index contributed by atoms with van der Waals surface area (Å²) >= 11 is 0. The summed E-state index contributed by atoms with van der Waals surface area (Å²) in [6.07, 6.45) is 0.621. The molecule has 2 atom stereocenters. The van der Waals surface area contributed by atoms with E-state index in [0.29, 0.717) is 13.0 Å². The van der Waals surface area contributed by atoms with Crippen LogP contribution < -0.4 is 0 Å². The first-order chi connectivity index (χ1) is 8.68. The van der Waals surface area contributed by atoms with Crippen molar-refractivity contribution in [2.75, 3.05) is 13.7 Å². The highest BCUT2D eigenvalue weighted by molar-refractivity contribution is 5.76. The van der Waals surface area contributed by atoms with E-state index in [4.69, 9.17) is 9.47 Å². The van der Waals surface area contributed by atoms with E-state index in [2.05, 4.69) is 0 Å². The lowest BCUT2D eigenvalue weighted by atomic mass is 9.73. The quantitative estimate of drug-likeness (QED) is 0.668. The third-order valence-corrected chi connectivity index (χ3v) is 3.95. The van der Waals surface area contributed by atoms with Crippen LogP contribution in [-0.4, -0.2) is 25.7 Å². The smallest absolute Gasteiger partial charge is 0.311 e. The molecule has 112 valence electrons. The summed E-state index contributed by atoms with van der Waals surface area (Å²) in [6, 6.07) is 0. The molecule has 0 heterocycles. The Balaban J connectivity index is 4.85. The van der Waals surface area contributed by atoms with Gasteiger partial charge in [0.05, 0.1) is 25.0 Å². The molecule has 0 aliphatic heterocycles. The Hall–Kier alpha value is -1.06. The highest BCUT2D eigenvalue weighted by Gasteiger charge is 2.38. The third-order valence-electron chi connectivity index (χ3n) is 3.95. The van der Waals surface area contributed by atoms with Gasteiger partial charge < -0.3 is 9.47 Å². The Bertz CT molecular complexity index is 307. The minimum Gasteiger partial charge on any atom is -0.469 e. The fourth-order valence-corrected chi connectivity index (χ4v) is 1.99. The number of rotatable bonds is 7. The molecule has 0 saturated heterocycles. The fourth-order valence-electron chi connectivity index (χ4n) is 1.99. The Labute approximate surface area is 116 Å². The molecule has 4 heteroatoms. The van der Waals surface area contributed by atoms with Gasteiger partial charge in [0.25, 0.3) is 0 Å². The molecule has 0 aromatic rings. The van der Waals surface area contributed by atoms with Gasteiger partial charge in [0, 0.05) is 0 Å². The maximum atomic E-state index is 12.0. The molecule has 0 aliphatic rings. The van der Waals surface area contributed by atoms with Gasteiger partial charge in [-0.15, -0.1) is 0 Å². The van der Waals surface area contributed by atoms with Crippen LogP contribution in [-0.2, 0) is 19.1 Å². The average Bonchev–Trinajstić information content (AvgIpc) is 2.34. The van der Waals surface area contributed by atoms with Gasteiger partial charge in [0.2, 0.25) is 0 Å². The van der Waals surface area contributed by atoms with Gasteiger partial charge >= 0.3 is 11.9 Å². The van der Waals surface area contributed by atoms with Gasteiger partial charge in [-0.1, -0.05) is 20.8 Å². The Morgan fingerprint density at radius 2 is 1.68 bits per heavy atom. The van der Waals surface area contributed by atoms with Gasteiger partial charge in [0.1, 0.15) is 0 Å². The van der Waals surface area contributed by atoms with E-state index in [1.54, 1.807) is 6.92 Å². The van der Waals surface area contributed by atoms with Crippen LogP contribution in [0.4, 0.5) is 0 Å². The Morgan fingerprint density at radius 3 is 2.05 bits per heavy atom. The number of carbonyl (C=O) groups is 2. The van der Waals surface area contributed by atoms with Gasteiger partial charge in [0.15, 0.2) is 0 Å². The summed E-state index contributed by atoms with van der Waals surface area (Å²) in [4.78, 5) is 23.7. The van der Waals surface area contributed by atoms with Crippen molar-refractivity contribution in [2.24, 2.45) is 23.2 Å². The van der Waals surface area contributed by atoms with Gasteiger partial charge in [-0.3, -0.25) is 9.59 Å². The van der Waals surface area contributed by atoms with Crippen molar-refractivity contribution in [3.05, 3.63) is 0 Å². The van der Waals surface area contributed by atoms with E-state index in [0.717, 1.165) is 0 Å². The van der Waals surface area contributed by atoms with E-state index in [-0.39, 0.29) is 29.7 Å². The van der Waals surface area contributed by atoms with Crippen LogP contribution in [0.25, 0.3) is 0 Å². The predicted molar refractivity (Wildman–Crippen MR) is 74.5 cm³/mol. The molecule has 0 N–H and O–H groups in total.